The number of aliphatic carboxylic acids is 1. The largest absolute Gasteiger partial charge is 0.480 e. The second-order valence-electron chi connectivity index (χ2n) is 2.33. The van der Waals surface area contributed by atoms with Crippen LogP contribution in [0.25, 0.3) is 0 Å². The molecule has 0 aliphatic carbocycles. The van der Waals surface area contributed by atoms with Gasteiger partial charge in [-0.2, -0.15) is 0 Å². The molecule has 0 radical (unpaired) electrons. The zero-order valence-corrected chi connectivity index (χ0v) is 6.49. The normalized spacial score (nSPS) is 20.8. The molecule has 1 aliphatic rings. The second-order valence-corrected chi connectivity index (χ2v) is 2.33. The number of hydrogen-bond acceptors (Lipinski definition) is 3. The van der Waals surface area contributed by atoms with Gasteiger partial charge in [0.2, 0.25) is 0 Å². The first-order valence-electron chi connectivity index (χ1n) is 3.48. The Hall–Kier alpha value is -1.30. The Morgan fingerprint density at radius 3 is 2.08 bits per heavy atom. The van der Waals surface area contributed by atoms with Crippen LogP contribution in [0.3, 0.4) is 0 Å². The summed E-state index contributed by atoms with van der Waals surface area (Å²) < 4.78 is 0. The molecule has 6 heteroatoms. The average Bonchev–Trinajstić information content (AvgIpc) is 2.34. The molecule has 1 saturated heterocycles. The van der Waals surface area contributed by atoms with Gasteiger partial charge in [-0.15, -0.1) is 0 Å². The molecular formula is C6H12N2O4. The summed E-state index contributed by atoms with van der Waals surface area (Å²) in [6.07, 6.45) is 0.451. The maximum Gasteiger partial charge on any atom is 0.402 e. The third-order valence-electron chi connectivity index (χ3n) is 1.36. The van der Waals surface area contributed by atoms with E-state index in [2.05, 4.69) is 11.1 Å². The molecule has 1 aliphatic heterocycles. The minimum Gasteiger partial charge on any atom is -0.480 e. The first-order valence-corrected chi connectivity index (χ1v) is 3.48. The van der Waals surface area contributed by atoms with Crippen molar-refractivity contribution in [2.24, 2.45) is 5.73 Å². The van der Waals surface area contributed by atoms with Gasteiger partial charge in [-0.25, -0.2) is 4.79 Å². The Kier molecular flexibility index (Phi) is 4.78. The Bertz CT molecular complexity index is 161. The number of carboxylic acid groups (broad SMARTS) is 2. The Balaban J connectivity index is 0.000000261. The zero-order valence-electron chi connectivity index (χ0n) is 6.49. The molecule has 0 aromatic heterocycles. The smallest absolute Gasteiger partial charge is 0.402 e. The molecular weight excluding hydrogens is 164 g/mol. The van der Waals surface area contributed by atoms with E-state index < -0.39 is 12.1 Å². The highest BCUT2D eigenvalue weighted by atomic mass is 16.4. The van der Waals surface area contributed by atoms with Crippen LogP contribution in [0.1, 0.15) is 12.8 Å². The summed E-state index contributed by atoms with van der Waals surface area (Å²) in [5, 5.41) is 18.4. The van der Waals surface area contributed by atoms with E-state index in [1.165, 1.54) is 0 Å². The summed E-state index contributed by atoms with van der Waals surface area (Å²) >= 11 is 0. The van der Waals surface area contributed by atoms with Crippen LogP contribution in [0.4, 0.5) is 4.79 Å². The lowest BCUT2D eigenvalue weighted by molar-refractivity contribution is -0.139. The van der Waals surface area contributed by atoms with Crippen molar-refractivity contribution in [3.8, 4) is 0 Å². The summed E-state index contributed by atoms with van der Waals surface area (Å²) in [6.45, 7) is 0.858. The highest BCUT2D eigenvalue weighted by Crippen LogP contribution is 2.03. The Morgan fingerprint density at radius 1 is 1.42 bits per heavy atom. The summed E-state index contributed by atoms with van der Waals surface area (Å²) in [7, 11) is 0. The van der Waals surface area contributed by atoms with Crippen LogP contribution < -0.4 is 11.1 Å². The molecule has 0 aromatic carbocycles. The maximum absolute atomic E-state index is 10.1. The van der Waals surface area contributed by atoms with Crippen molar-refractivity contribution in [3.63, 3.8) is 0 Å². The molecule has 70 valence electrons. The van der Waals surface area contributed by atoms with Gasteiger partial charge in [-0.05, 0) is 19.4 Å². The van der Waals surface area contributed by atoms with E-state index in [1.54, 1.807) is 0 Å². The van der Waals surface area contributed by atoms with Crippen molar-refractivity contribution in [1.82, 2.24) is 5.32 Å². The van der Waals surface area contributed by atoms with Crippen molar-refractivity contribution in [1.29, 1.82) is 0 Å². The number of carboxylic acids is 1. The van der Waals surface area contributed by atoms with Gasteiger partial charge in [0.1, 0.15) is 6.04 Å². The van der Waals surface area contributed by atoms with E-state index in [-0.39, 0.29) is 6.04 Å². The van der Waals surface area contributed by atoms with Gasteiger partial charge in [-0.3, -0.25) is 4.79 Å². The molecule has 0 aromatic rings. The molecule has 6 nitrogen and oxygen atoms in total. The van der Waals surface area contributed by atoms with Crippen molar-refractivity contribution >= 4 is 12.1 Å². The summed E-state index contributed by atoms with van der Waals surface area (Å²) in [5.74, 6) is -0.720. The average molecular weight is 176 g/mol. The van der Waals surface area contributed by atoms with E-state index >= 15 is 0 Å². The van der Waals surface area contributed by atoms with E-state index in [1.807, 2.05) is 0 Å². The molecule has 12 heavy (non-hydrogen) atoms. The third-order valence-corrected chi connectivity index (χ3v) is 1.36. The molecule has 0 saturated carbocycles. The summed E-state index contributed by atoms with van der Waals surface area (Å²) in [4.78, 5) is 18.9. The second kappa shape index (κ2) is 5.36. The monoisotopic (exact) mass is 176 g/mol. The van der Waals surface area contributed by atoms with Gasteiger partial charge < -0.3 is 21.3 Å². The van der Waals surface area contributed by atoms with Gasteiger partial charge in [-0.1, -0.05) is 0 Å². The molecule has 1 fully saturated rings. The predicted molar refractivity (Wildman–Crippen MR) is 40.9 cm³/mol. The first kappa shape index (κ1) is 10.7. The standard InChI is InChI=1S/C5H9NO2.CH3NO2/c7-5(8)4-2-1-3-6-4;2-1(3)4/h4,6H,1-3H2,(H,7,8);2H2,(H,3,4). The maximum atomic E-state index is 10.1. The van der Waals surface area contributed by atoms with Crippen LogP contribution in [0.2, 0.25) is 0 Å². The zero-order chi connectivity index (χ0) is 9.56. The highest BCUT2D eigenvalue weighted by molar-refractivity contribution is 5.73. The number of hydrogen-bond donors (Lipinski definition) is 4. The van der Waals surface area contributed by atoms with Crippen LogP contribution in [0.15, 0.2) is 0 Å². The molecule has 1 rings (SSSR count). The number of nitrogens with two attached hydrogens (primary N) is 1. The fourth-order valence-electron chi connectivity index (χ4n) is 0.895. The van der Waals surface area contributed by atoms with Gasteiger partial charge in [0.05, 0.1) is 0 Å². The molecule has 1 heterocycles. The lowest BCUT2D eigenvalue weighted by Crippen LogP contribution is -2.29. The first-order chi connectivity index (χ1) is 5.54. The van der Waals surface area contributed by atoms with Crippen molar-refractivity contribution < 1.29 is 19.8 Å². The van der Waals surface area contributed by atoms with Crippen molar-refractivity contribution in [2.45, 2.75) is 18.9 Å². The van der Waals surface area contributed by atoms with Crippen LogP contribution in [-0.2, 0) is 4.79 Å². The topological polar surface area (TPSA) is 113 Å². The molecule has 5 N–H and O–H groups in total. The van der Waals surface area contributed by atoms with E-state index in [4.69, 9.17) is 15.0 Å². The van der Waals surface area contributed by atoms with Crippen molar-refractivity contribution in [3.05, 3.63) is 0 Å². The number of rotatable bonds is 1. The van der Waals surface area contributed by atoms with E-state index in [9.17, 15) is 4.79 Å². The van der Waals surface area contributed by atoms with Crippen LogP contribution in [0, 0.1) is 0 Å². The van der Waals surface area contributed by atoms with Crippen molar-refractivity contribution in [2.75, 3.05) is 6.54 Å². The van der Waals surface area contributed by atoms with Crippen LogP contribution in [0.5, 0.6) is 0 Å². The Labute approximate surface area is 69.4 Å². The Morgan fingerprint density at radius 2 is 1.92 bits per heavy atom. The van der Waals surface area contributed by atoms with Gasteiger partial charge in [0, 0.05) is 0 Å². The summed E-state index contributed by atoms with van der Waals surface area (Å²) in [6, 6.07) is -0.269. The molecule has 1 unspecified atom stereocenters. The quantitative estimate of drug-likeness (QED) is 0.428. The lowest BCUT2D eigenvalue weighted by Gasteiger charge is -1.99. The molecule has 0 spiro atoms. The number of nitrogens with one attached hydrogen (secondary N) is 1. The fraction of sp³-hybridized carbons (Fsp3) is 0.667. The van der Waals surface area contributed by atoms with E-state index in [0.717, 1.165) is 19.4 Å². The number of amides is 1. The summed E-state index contributed by atoms with van der Waals surface area (Å²) in [5.41, 5.74) is 4.03. The van der Waals surface area contributed by atoms with Gasteiger partial charge >= 0.3 is 12.1 Å². The number of carbonyl (C=O) groups is 2. The lowest BCUT2D eigenvalue weighted by atomic mass is 10.2. The third kappa shape index (κ3) is 5.48. The van der Waals surface area contributed by atoms with E-state index in [0.29, 0.717) is 0 Å². The minimum atomic E-state index is -1.33. The highest BCUT2D eigenvalue weighted by Gasteiger charge is 2.20. The predicted octanol–water partition coefficient (Wildman–Crippen LogP) is -0.554. The van der Waals surface area contributed by atoms with Crippen LogP contribution in [-0.4, -0.2) is 34.9 Å². The number of primary amides is 1. The molecule has 0 bridgehead atoms. The fourth-order valence-corrected chi connectivity index (χ4v) is 0.895. The van der Waals surface area contributed by atoms with Gasteiger partial charge in [0.25, 0.3) is 0 Å². The van der Waals surface area contributed by atoms with Crippen LogP contribution >= 0.6 is 0 Å². The SMILES string of the molecule is NC(=O)O.O=C(O)C1CCCN1. The minimum absolute atomic E-state index is 0.269. The van der Waals surface area contributed by atoms with Gasteiger partial charge in [0.15, 0.2) is 0 Å². The molecule has 1 atom stereocenters. The molecule has 1 amide bonds.